The van der Waals surface area contributed by atoms with Crippen LogP contribution in [0.1, 0.15) is 106 Å². The summed E-state index contributed by atoms with van der Waals surface area (Å²) in [4.78, 5) is 25.1. The number of carbonyl (C=O) groups excluding carboxylic acids is 2. The summed E-state index contributed by atoms with van der Waals surface area (Å²) in [7, 11) is 0. The molecule has 0 radical (unpaired) electrons. The van der Waals surface area contributed by atoms with Gasteiger partial charge in [0.05, 0.1) is 18.8 Å². The number of unbranched alkanes of at least 4 members (excludes halogenated alkanes) is 2. The third-order valence-corrected chi connectivity index (χ3v) is 5.49. The lowest BCUT2D eigenvalue weighted by Gasteiger charge is -2.18. The van der Waals surface area contributed by atoms with Crippen LogP contribution in [0.4, 0.5) is 0 Å². The molecule has 0 aromatic heterocycles. The van der Waals surface area contributed by atoms with Crippen LogP contribution < -0.4 is 14.2 Å². The highest BCUT2D eigenvalue weighted by molar-refractivity contribution is 5.77. The second-order valence-electron chi connectivity index (χ2n) is 10.4. The standard InChI is InChI=1S/C29H48O6/c1-21(2)13-8-10-17-27(30)34-26-16-12-15-25(32-20-19-24(7)33-23(5)6)29(26)35-28(31)18-11-9-14-22(3)4/h12,15-16,21-24H,8-11,13-14,17-20H2,1-7H3. The van der Waals surface area contributed by atoms with Crippen molar-refractivity contribution in [3.8, 4) is 17.2 Å². The van der Waals surface area contributed by atoms with Crippen LogP contribution in [0.5, 0.6) is 17.2 Å². The Kier molecular flexibility index (Phi) is 15.4. The second-order valence-corrected chi connectivity index (χ2v) is 10.4. The van der Waals surface area contributed by atoms with Gasteiger partial charge in [-0.05, 0) is 57.6 Å². The number of benzene rings is 1. The van der Waals surface area contributed by atoms with E-state index in [2.05, 4.69) is 27.7 Å². The third kappa shape index (κ3) is 14.8. The molecule has 0 spiro atoms. The van der Waals surface area contributed by atoms with Gasteiger partial charge in [0.25, 0.3) is 0 Å². The van der Waals surface area contributed by atoms with Gasteiger partial charge in [0.15, 0.2) is 11.5 Å². The van der Waals surface area contributed by atoms with Gasteiger partial charge in [-0.3, -0.25) is 9.59 Å². The highest BCUT2D eigenvalue weighted by Crippen LogP contribution is 2.38. The number of rotatable bonds is 18. The molecule has 35 heavy (non-hydrogen) atoms. The Bertz CT molecular complexity index is 741. The van der Waals surface area contributed by atoms with Gasteiger partial charge in [-0.2, -0.15) is 0 Å². The molecule has 0 saturated heterocycles. The van der Waals surface area contributed by atoms with E-state index in [0.29, 0.717) is 43.5 Å². The monoisotopic (exact) mass is 492 g/mol. The molecule has 1 unspecified atom stereocenters. The zero-order valence-electron chi connectivity index (χ0n) is 23.1. The molecule has 1 rings (SSSR count). The lowest BCUT2D eigenvalue weighted by molar-refractivity contribution is -0.137. The molecule has 0 saturated carbocycles. The Morgan fingerprint density at radius 1 is 0.714 bits per heavy atom. The van der Waals surface area contributed by atoms with Gasteiger partial charge >= 0.3 is 11.9 Å². The predicted molar refractivity (Wildman–Crippen MR) is 140 cm³/mol. The fraction of sp³-hybridized carbons (Fsp3) is 0.724. The first kappa shape index (κ1) is 31.0. The first-order valence-electron chi connectivity index (χ1n) is 13.4. The molecular formula is C29H48O6. The zero-order valence-corrected chi connectivity index (χ0v) is 23.1. The Labute approximate surface area is 213 Å². The van der Waals surface area contributed by atoms with Crippen LogP contribution in [0.3, 0.4) is 0 Å². The summed E-state index contributed by atoms with van der Waals surface area (Å²) >= 11 is 0. The second kappa shape index (κ2) is 17.4. The summed E-state index contributed by atoms with van der Waals surface area (Å²) in [5, 5.41) is 0. The summed E-state index contributed by atoms with van der Waals surface area (Å²) in [6, 6.07) is 5.12. The maximum atomic E-state index is 12.6. The molecule has 0 amide bonds. The quantitative estimate of drug-likeness (QED) is 0.120. The van der Waals surface area contributed by atoms with Crippen LogP contribution in [-0.2, 0) is 14.3 Å². The minimum absolute atomic E-state index is 0.0359. The molecule has 1 aromatic rings. The van der Waals surface area contributed by atoms with E-state index in [9.17, 15) is 9.59 Å². The molecule has 0 aliphatic heterocycles. The summed E-state index contributed by atoms with van der Waals surface area (Å²) < 4.78 is 23.0. The minimum atomic E-state index is -0.351. The molecule has 0 heterocycles. The number of ether oxygens (including phenoxy) is 4. The summed E-state index contributed by atoms with van der Waals surface area (Å²) in [6.45, 7) is 15.1. The van der Waals surface area contributed by atoms with Crippen LogP contribution in [-0.4, -0.2) is 30.8 Å². The van der Waals surface area contributed by atoms with Gasteiger partial charge in [0.2, 0.25) is 5.75 Å². The lowest BCUT2D eigenvalue weighted by Crippen LogP contribution is -2.17. The summed E-state index contributed by atoms with van der Waals surface area (Å²) in [6.07, 6.45) is 7.11. The maximum Gasteiger partial charge on any atom is 0.311 e. The smallest absolute Gasteiger partial charge is 0.311 e. The van der Waals surface area contributed by atoms with E-state index in [4.69, 9.17) is 18.9 Å². The average molecular weight is 493 g/mol. The van der Waals surface area contributed by atoms with E-state index in [1.54, 1.807) is 18.2 Å². The van der Waals surface area contributed by atoms with Gasteiger partial charge in [0.1, 0.15) is 0 Å². The number of carbonyl (C=O) groups is 2. The van der Waals surface area contributed by atoms with Crippen molar-refractivity contribution >= 4 is 11.9 Å². The van der Waals surface area contributed by atoms with E-state index in [1.807, 2.05) is 20.8 Å². The van der Waals surface area contributed by atoms with Crippen molar-refractivity contribution in [1.82, 2.24) is 0 Å². The van der Waals surface area contributed by atoms with Crippen LogP contribution in [0.15, 0.2) is 18.2 Å². The molecule has 0 bridgehead atoms. The Morgan fingerprint density at radius 2 is 1.26 bits per heavy atom. The first-order chi connectivity index (χ1) is 16.6. The van der Waals surface area contributed by atoms with Gasteiger partial charge in [-0.15, -0.1) is 0 Å². The van der Waals surface area contributed by atoms with Gasteiger partial charge in [-0.1, -0.05) is 59.4 Å². The summed E-state index contributed by atoms with van der Waals surface area (Å²) in [5.74, 6) is 1.32. The van der Waals surface area contributed by atoms with Gasteiger partial charge < -0.3 is 18.9 Å². The minimum Gasteiger partial charge on any atom is -0.489 e. The number of hydrogen-bond donors (Lipinski definition) is 0. The van der Waals surface area contributed by atoms with Crippen LogP contribution >= 0.6 is 0 Å². The van der Waals surface area contributed by atoms with E-state index < -0.39 is 0 Å². The average Bonchev–Trinajstić information content (AvgIpc) is 2.75. The normalized spacial score (nSPS) is 12.3. The first-order valence-corrected chi connectivity index (χ1v) is 13.4. The Hall–Kier alpha value is -2.08. The van der Waals surface area contributed by atoms with Crippen LogP contribution in [0, 0.1) is 11.8 Å². The van der Waals surface area contributed by atoms with Crippen molar-refractivity contribution in [2.75, 3.05) is 6.61 Å². The molecule has 6 nitrogen and oxygen atoms in total. The maximum absolute atomic E-state index is 12.6. The lowest BCUT2D eigenvalue weighted by atomic mass is 10.1. The van der Waals surface area contributed by atoms with Crippen molar-refractivity contribution in [1.29, 1.82) is 0 Å². The molecule has 200 valence electrons. The van der Waals surface area contributed by atoms with Crippen LogP contribution in [0.25, 0.3) is 0 Å². The molecule has 1 atom stereocenters. The third-order valence-electron chi connectivity index (χ3n) is 5.49. The van der Waals surface area contributed by atoms with Crippen molar-refractivity contribution < 1.29 is 28.5 Å². The van der Waals surface area contributed by atoms with Crippen molar-refractivity contribution in [3.63, 3.8) is 0 Å². The SMILES string of the molecule is CC(C)CCCCC(=O)Oc1cccc(OCCC(C)OC(C)C)c1OC(=O)CCCCC(C)C. The molecule has 0 aliphatic carbocycles. The molecule has 0 N–H and O–H groups in total. The molecular weight excluding hydrogens is 444 g/mol. The number of para-hydroxylation sites is 1. The Morgan fingerprint density at radius 3 is 1.80 bits per heavy atom. The van der Waals surface area contributed by atoms with Gasteiger partial charge in [-0.25, -0.2) is 0 Å². The predicted octanol–water partition coefficient (Wildman–Crippen LogP) is 7.51. The number of esters is 2. The topological polar surface area (TPSA) is 71.1 Å². The summed E-state index contributed by atoms with van der Waals surface area (Å²) in [5.41, 5.74) is 0. The van der Waals surface area contributed by atoms with E-state index in [-0.39, 0.29) is 35.6 Å². The highest BCUT2D eigenvalue weighted by Gasteiger charge is 2.19. The fourth-order valence-corrected chi connectivity index (χ4v) is 3.64. The Balaban J connectivity index is 2.84. The van der Waals surface area contributed by atoms with E-state index in [1.165, 1.54) is 0 Å². The largest absolute Gasteiger partial charge is 0.489 e. The number of hydrogen-bond acceptors (Lipinski definition) is 6. The fourth-order valence-electron chi connectivity index (χ4n) is 3.64. The molecule has 0 fully saturated rings. The van der Waals surface area contributed by atoms with Crippen LogP contribution in [0.2, 0.25) is 0 Å². The van der Waals surface area contributed by atoms with Crippen molar-refractivity contribution in [2.45, 2.75) is 118 Å². The molecule has 0 aliphatic rings. The zero-order chi connectivity index (χ0) is 26.2. The van der Waals surface area contributed by atoms with E-state index >= 15 is 0 Å². The molecule has 6 heteroatoms. The van der Waals surface area contributed by atoms with Crippen molar-refractivity contribution in [3.05, 3.63) is 18.2 Å². The molecule has 1 aromatic carbocycles. The van der Waals surface area contributed by atoms with Crippen molar-refractivity contribution in [2.24, 2.45) is 11.8 Å². The van der Waals surface area contributed by atoms with E-state index in [0.717, 1.165) is 38.5 Å². The highest BCUT2D eigenvalue weighted by atomic mass is 16.6. The van der Waals surface area contributed by atoms with Gasteiger partial charge in [0, 0.05) is 19.3 Å².